The Morgan fingerprint density at radius 3 is 2.94 bits per heavy atom. The van der Waals surface area contributed by atoms with Gasteiger partial charge in [-0.15, -0.1) is 0 Å². The van der Waals surface area contributed by atoms with Crippen molar-refractivity contribution in [2.45, 2.75) is 39.2 Å². The Balaban J connectivity index is 2.11. The quantitative estimate of drug-likeness (QED) is 0.773. The fourth-order valence-electron chi connectivity index (χ4n) is 2.53. The zero-order valence-corrected chi connectivity index (χ0v) is 9.98. The van der Waals surface area contributed by atoms with Crippen LogP contribution in [0, 0.1) is 5.41 Å². The van der Waals surface area contributed by atoms with Crippen LogP contribution in [-0.2, 0) is 6.42 Å². The smallest absolute Gasteiger partial charge is 0.0728 e. The topological polar surface area (TPSA) is 33.1 Å². The Morgan fingerprint density at radius 2 is 2.31 bits per heavy atom. The molecule has 16 heavy (non-hydrogen) atoms. The Labute approximate surface area is 97.0 Å². The molecular formula is C14H19NO. The Bertz CT molecular complexity index is 381. The van der Waals surface area contributed by atoms with E-state index in [-0.39, 0.29) is 11.5 Å². The minimum absolute atomic E-state index is 0.214. The first-order valence-corrected chi connectivity index (χ1v) is 5.82. The number of aliphatic hydroxyl groups excluding tert-OH is 1. The molecule has 0 aliphatic heterocycles. The summed E-state index contributed by atoms with van der Waals surface area (Å²) < 4.78 is 0. The van der Waals surface area contributed by atoms with Crippen LogP contribution in [-0.4, -0.2) is 16.2 Å². The molecule has 86 valence electrons. The molecule has 2 rings (SSSR count). The van der Waals surface area contributed by atoms with E-state index in [9.17, 15) is 5.11 Å². The third-order valence-electron chi connectivity index (χ3n) is 3.05. The highest BCUT2D eigenvalue weighted by Gasteiger charge is 2.27. The van der Waals surface area contributed by atoms with Gasteiger partial charge in [-0.2, -0.15) is 0 Å². The number of rotatable bonds is 2. The number of aliphatic hydroxyl groups is 1. The highest BCUT2D eigenvalue weighted by Crippen LogP contribution is 2.36. The van der Waals surface area contributed by atoms with Gasteiger partial charge in [-0.3, -0.25) is 4.98 Å². The average Bonchev–Trinajstić information content (AvgIpc) is 2.15. The molecule has 1 aliphatic rings. The van der Waals surface area contributed by atoms with Crippen molar-refractivity contribution in [2.24, 2.45) is 5.41 Å². The zero-order valence-electron chi connectivity index (χ0n) is 9.98. The van der Waals surface area contributed by atoms with Crippen LogP contribution in [0.1, 0.15) is 32.3 Å². The van der Waals surface area contributed by atoms with Crippen molar-refractivity contribution in [3.05, 3.63) is 41.7 Å². The van der Waals surface area contributed by atoms with Crippen molar-refractivity contribution < 1.29 is 5.11 Å². The maximum atomic E-state index is 9.80. The first-order valence-electron chi connectivity index (χ1n) is 5.82. The predicted molar refractivity (Wildman–Crippen MR) is 65.0 cm³/mol. The van der Waals surface area contributed by atoms with E-state index in [2.05, 4.69) is 24.9 Å². The number of nitrogens with zero attached hydrogens (tertiary/aromatic N) is 1. The van der Waals surface area contributed by atoms with Crippen molar-refractivity contribution in [3.63, 3.8) is 0 Å². The fourth-order valence-corrected chi connectivity index (χ4v) is 2.53. The van der Waals surface area contributed by atoms with E-state index in [0.29, 0.717) is 0 Å². The summed E-state index contributed by atoms with van der Waals surface area (Å²) in [6.45, 7) is 4.43. The highest BCUT2D eigenvalue weighted by molar-refractivity contribution is 5.22. The number of allylic oxidation sites excluding steroid dienone is 1. The van der Waals surface area contributed by atoms with Crippen LogP contribution < -0.4 is 0 Å². The lowest BCUT2D eigenvalue weighted by Crippen LogP contribution is -2.25. The van der Waals surface area contributed by atoms with Gasteiger partial charge in [-0.25, -0.2) is 0 Å². The van der Waals surface area contributed by atoms with Crippen LogP contribution in [0.5, 0.6) is 0 Å². The van der Waals surface area contributed by atoms with Crippen LogP contribution in [0.4, 0.5) is 0 Å². The second-order valence-corrected chi connectivity index (χ2v) is 5.48. The molecule has 0 fully saturated rings. The lowest BCUT2D eigenvalue weighted by atomic mass is 9.75. The van der Waals surface area contributed by atoms with Gasteiger partial charge >= 0.3 is 0 Å². The largest absolute Gasteiger partial charge is 0.389 e. The summed E-state index contributed by atoms with van der Waals surface area (Å²) >= 11 is 0. The maximum Gasteiger partial charge on any atom is 0.0728 e. The molecule has 0 amide bonds. The number of pyridine rings is 1. The molecule has 1 aliphatic carbocycles. The standard InChI is InChI=1S/C14H19NO/c1-14(2)8-12(7-13(16)9-14)6-11-4-3-5-15-10-11/h3-5,7,10,13,16H,6,8-9H2,1-2H3. The van der Waals surface area contributed by atoms with Gasteiger partial charge in [0.05, 0.1) is 6.10 Å². The lowest BCUT2D eigenvalue weighted by molar-refractivity contribution is 0.138. The van der Waals surface area contributed by atoms with Gasteiger partial charge in [0, 0.05) is 12.4 Å². The van der Waals surface area contributed by atoms with E-state index in [1.54, 1.807) is 6.20 Å². The molecule has 0 saturated heterocycles. The molecular weight excluding hydrogens is 198 g/mol. The second-order valence-electron chi connectivity index (χ2n) is 5.48. The molecule has 1 N–H and O–H groups in total. The molecule has 1 atom stereocenters. The molecule has 0 spiro atoms. The first kappa shape index (κ1) is 11.3. The molecule has 1 aromatic rings. The van der Waals surface area contributed by atoms with Gasteiger partial charge in [0.2, 0.25) is 0 Å². The van der Waals surface area contributed by atoms with Gasteiger partial charge in [0.25, 0.3) is 0 Å². The van der Waals surface area contributed by atoms with Crippen LogP contribution in [0.25, 0.3) is 0 Å². The van der Waals surface area contributed by atoms with E-state index in [1.165, 1.54) is 11.1 Å². The first-order chi connectivity index (χ1) is 7.55. The van der Waals surface area contributed by atoms with E-state index < -0.39 is 0 Å². The van der Waals surface area contributed by atoms with Crippen LogP contribution in [0.3, 0.4) is 0 Å². The molecule has 0 bridgehead atoms. The third kappa shape index (κ3) is 2.92. The summed E-state index contributed by atoms with van der Waals surface area (Å²) in [5.74, 6) is 0. The van der Waals surface area contributed by atoms with Crippen molar-refractivity contribution >= 4 is 0 Å². The van der Waals surface area contributed by atoms with Gasteiger partial charge in [-0.05, 0) is 36.3 Å². The van der Waals surface area contributed by atoms with Gasteiger partial charge in [-0.1, -0.05) is 31.6 Å². The second kappa shape index (κ2) is 4.38. The molecule has 0 aromatic carbocycles. The van der Waals surface area contributed by atoms with Crippen molar-refractivity contribution in [3.8, 4) is 0 Å². The van der Waals surface area contributed by atoms with Crippen LogP contribution >= 0.6 is 0 Å². The molecule has 2 nitrogen and oxygen atoms in total. The third-order valence-corrected chi connectivity index (χ3v) is 3.05. The number of hydrogen-bond acceptors (Lipinski definition) is 2. The Hall–Kier alpha value is -1.15. The lowest BCUT2D eigenvalue weighted by Gasteiger charge is -2.32. The average molecular weight is 217 g/mol. The van der Waals surface area contributed by atoms with Crippen LogP contribution in [0.2, 0.25) is 0 Å². The van der Waals surface area contributed by atoms with Crippen LogP contribution in [0.15, 0.2) is 36.2 Å². The summed E-state index contributed by atoms with van der Waals surface area (Å²) in [6.07, 6.45) is 8.26. The van der Waals surface area contributed by atoms with E-state index >= 15 is 0 Å². The molecule has 0 radical (unpaired) electrons. The Kier molecular flexibility index (Phi) is 3.10. The summed E-state index contributed by atoms with van der Waals surface area (Å²) in [7, 11) is 0. The van der Waals surface area contributed by atoms with E-state index in [4.69, 9.17) is 0 Å². The van der Waals surface area contributed by atoms with Gasteiger partial charge in [0.15, 0.2) is 0 Å². The number of aromatic nitrogens is 1. The normalized spacial score (nSPS) is 23.9. The van der Waals surface area contributed by atoms with Crippen molar-refractivity contribution in [2.75, 3.05) is 0 Å². The predicted octanol–water partition coefficient (Wildman–Crippen LogP) is 2.73. The summed E-state index contributed by atoms with van der Waals surface area (Å²) in [4.78, 5) is 4.12. The minimum atomic E-state index is -0.282. The molecule has 1 unspecified atom stereocenters. The zero-order chi connectivity index (χ0) is 11.6. The maximum absolute atomic E-state index is 9.80. The Morgan fingerprint density at radius 1 is 1.50 bits per heavy atom. The SMILES string of the molecule is CC1(C)CC(Cc2cccnc2)=CC(O)C1. The molecule has 2 heteroatoms. The monoisotopic (exact) mass is 217 g/mol. The van der Waals surface area contributed by atoms with E-state index in [1.807, 2.05) is 18.3 Å². The van der Waals surface area contributed by atoms with Crippen molar-refractivity contribution in [1.82, 2.24) is 4.98 Å². The summed E-state index contributed by atoms with van der Waals surface area (Å²) in [5.41, 5.74) is 2.77. The van der Waals surface area contributed by atoms with Crippen molar-refractivity contribution in [1.29, 1.82) is 0 Å². The van der Waals surface area contributed by atoms with E-state index in [0.717, 1.165) is 19.3 Å². The van der Waals surface area contributed by atoms with Gasteiger partial charge < -0.3 is 5.11 Å². The molecule has 1 heterocycles. The number of hydrogen-bond donors (Lipinski definition) is 1. The molecule has 0 saturated carbocycles. The summed E-state index contributed by atoms with van der Waals surface area (Å²) in [6, 6.07) is 4.04. The highest BCUT2D eigenvalue weighted by atomic mass is 16.3. The molecule has 1 aromatic heterocycles. The minimum Gasteiger partial charge on any atom is -0.389 e. The fraction of sp³-hybridized carbons (Fsp3) is 0.500. The van der Waals surface area contributed by atoms with Gasteiger partial charge in [0.1, 0.15) is 0 Å². The summed E-state index contributed by atoms with van der Waals surface area (Å²) in [5, 5.41) is 9.80.